The monoisotopic (exact) mass is 282 g/mol. The van der Waals surface area contributed by atoms with Crippen molar-refractivity contribution in [2.24, 2.45) is 0 Å². The molecule has 0 aliphatic rings. The maximum Gasteiger partial charge on any atom is 0.150 e. The summed E-state index contributed by atoms with van der Waals surface area (Å²) in [4.78, 5) is 0. The molecule has 21 heavy (non-hydrogen) atoms. The van der Waals surface area contributed by atoms with E-state index in [1.165, 1.54) is 16.3 Å². The number of aromatic nitrogens is 1. The number of nitrogens with one attached hydrogen (secondary N) is 1. The van der Waals surface area contributed by atoms with Crippen molar-refractivity contribution in [3.8, 4) is 5.75 Å². The minimum absolute atomic E-state index is 0.682. The Morgan fingerprint density at radius 1 is 1.05 bits per heavy atom. The van der Waals surface area contributed by atoms with E-state index in [1.54, 1.807) is 7.11 Å². The number of hydrogen-bond donors (Lipinski definition) is 1. The summed E-state index contributed by atoms with van der Waals surface area (Å²) in [7, 11) is 1.69. The summed E-state index contributed by atoms with van der Waals surface area (Å²) in [5, 5.41) is 9.63. The van der Waals surface area contributed by atoms with E-state index in [1.807, 2.05) is 25.1 Å². The van der Waals surface area contributed by atoms with Gasteiger partial charge in [0.2, 0.25) is 0 Å². The Labute approximate surface area is 123 Å². The largest absolute Gasteiger partial charge is 0.497 e. The van der Waals surface area contributed by atoms with Crippen LogP contribution < -0.4 is 10.1 Å². The summed E-state index contributed by atoms with van der Waals surface area (Å²) in [6, 6.07) is 14.5. The smallest absolute Gasteiger partial charge is 0.150 e. The molecule has 0 bridgehead atoms. The quantitative estimate of drug-likeness (QED) is 0.778. The molecular weight excluding hydrogens is 264 g/mol. The van der Waals surface area contributed by atoms with Crippen LogP contribution in [0.1, 0.15) is 17.0 Å². The van der Waals surface area contributed by atoms with Crippen LogP contribution >= 0.6 is 0 Å². The van der Waals surface area contributed by atoms with Gasteiger partial charge >= 0.3 is 0 Å². The molecule has 0 saturated heterocycles. The lowest BCUT2D eigenvalue weighted by Crippen LogP contribution is -2.12. The van der Waals surface area contributed by atoms with Gasteiger partial charge in [-0.2, -0.15) is 0 Å². The molecule has 0 radical (unpaired) electrons. The van der Waals surface area contributed by atoms with Crippen molar-refractivity contribution in [3.05, 3.63) is 59.5 Å². The lowest BCUT2D eigenvalue weighted by molar-refractivity contribution is 0.369. The van der Waals surface area contributed by atoms with Gasteiger partial charge < -0.3 is 14.6 Å². The normalized spacial score (nSPS) is 11.0. The van der Waals surface area contributed by atoms with E-state index >= 15 is 0 Å². The van der Waals surface area contributed by atoms with Crippen molar-refractivity contribution in [1.82, 2.24) is 10.5 Å². The van der Waals surface area contributed by atoms with Crippen LogP contribution in [-0.4, -0.2) is 12.3 Å². The van der Waals surface area contributed by atoms with Crippen LogP contribution in [0.5, 0.6) is 5.75 Å². The molecule has 0 atom stereocenters. The molecule has 4 heteroatoms. The fourth-order valence-electron chi connectivity index (χ4n) is 2.34. The second-order valence-electron chi connectivity index (χ2n) is 5.09. The highest BCUT2D eigenvalue weighted by Crippen LogP contribution is 2.21. The van der Waals surface area contributed by atoms with Gasteiger partial charge in [0.05, 0.1) is 19.3 Å². The first-order valence-electron chi connectivity index (χ1n) is 6.94. The van der Waals surface area contributed by atoms with Crippen molar-refractivity contribution in [1.29, 1.82) is 0 Å². The van der Waals surface area contributed by atoms with Crippen molar-refractivity contribution in [2.45, 2.75) is 20.0 Å². The van der Waals surface area contributed by atoms with Gasteiger partial charge in [0.15, 0.2) is 5.76 Å². The number of ether oxygens (including phenoxy) is 1. The third kappa shape index (κ3) is 3.23. The van der Waals surface area contributed by atoms with E-state index in [0.29, 0.717) is 6.54 Å². The van der Waals surface area contributed by atoms with Crippen molar-refractivity contribution in [2.75, 3.05) is 7.11 Å². The minimum Gasteiger partial charge on any atom is -0.497 e. The standard InChI is InChI=1S/C17H18N2O2/c1-12-7-17(21-19-12)11-18-10-13-3-4-15-9-16(20-2)6-5-14(15)8-13/h3-9,18H,10-11H2,1-2H3. The molecule has 0 aliphatic heterocycles. The van der Waals surface area contributed by atoms with Gasteiger partial charge in [-0.05, 0) is 41.5 Å². The molecule has 1 N–H and O–H groups in total. The predicted octanol–water partition coefficient (Wildman–Crippen LogP) is 3.43. The van der Waals surface area contributed by atoms with Crippen molar-refractivity contribution < 1.29 is 9.26 Å². The molecule has 1 heterocycles. The fraction of sp³-hybridized carbons (Fsp3) is 0.235. The van der Waals surface area contributed by atoms with Gasteiger partial charge in [0, 0.05) is 12.6 Å². The Bertz CT molecular complexity index is 749. The number of aryl methyl sites for hydroxylation is 1. The molecule has 0 spiro atoms. The van der Waals surface area contributed by atoms with Gasteiger partial charge in [0.25, 0.3) is 0 Å². The molecule has 0 fully saturated rings. The highest BCUT2D eigenvalue weighted by molar-refractivity contribution is 5.84. The van der Waals surface area contributed by atoms with Crippen molar-refractivity contribution in [3.63, 3.8) is 0 Å². The van der Waals surface area contributed by atoms with Gasteiger partial charge in [0.1, 0.15) is 5.75 Å². The molecule has 0 unspecified atom stereocenters. The number of nitrogens with zero attached hydrogens (tertiary/aromatic N) is 1. The van der Waals surface area contributed by atoms with Crippen LogP contribution in [0.3, 0.4) is 0 Å². The van der Waals surface area contributed by atoms with Crippen LogP contribution in [0.4, 0.5) is 0 Å². The van der Waals surface area contributed by atoms with Gasteiger partial charge in [-0.1, -0.05) is 23.4 Å². The summed E-state index contributed by atoms with van der Waals surface area (Å²) in [5.41, 5.74) is 2.15. The molecule has 2 aromatic carbocycles. The number of methoxy groups -OCH3 is 1. The zero-order chi connectivity index (χ0) is 14.7. The first-order valence-corrected chi connectivity index (χ1v) is 6.94. The molecule has 1 aromatic heterocycles. The summed E-state index contributed by atoms with van der Waals surface area (Å²) in [6.45, 7) is 3.40. The third-order valence-electron chi connectivity index (χ3n) is 3.42. The Morgan fingerprint density at radius 3 is 2.62 bits per heavy atom. The Balaban J connectivity index is 1.67. The number of fused-ring (bicyclic) bond motifs is 1. The summed E-state index contributed by atoms with van der Waals surface area (Å²) in [6.07, 6.45) is 0. The Morgan fingerprint density at radius 2 is 1.86 bits per heavy atom. The number of hydrogen-bond acceptors (Lipinski definition) is 4. The second kappa shape index (κ2) is 5.97. The van der Waals surface area contributed by atoms with Crippen LogP contribution in [-0.2, 0) is 13.1 Å². The number of benzene rings is 2. The molecule has 3 aromatic rings. The molecule has 108 valence electrons. The van der Waals surface area contributed by atoms with Crippen LogP contribution in [0.15, 0.2) is 47.0 Å². The summed E-state index contributed by atoms with van der Waals surface area (Å²) in [5.74, 6) is 1.74. The molecule has 0 saturated carbocycles. The maximum absolute atomic E-state index is 5.24. The fourth-order valence-corrected chi connectivity index (χ4v) is 2.34. The molecule has 3 rings (SSSR count). The lowest BCUT2D eigenvalue weighted by atomic mass is 10.1. The molecule has 0 aliphatic carbocycles. The van der Waals surface area contributed by atoms with Crippen LogP contribution in [0.2, 0.25) is 0 Å². The topological polar surface area (TPSA) is 47.3 Å². The first-order chi connectivity index (χ1) is 10.2. The van der Waals surface area contributed by atoms with Crippen LogP contribution in [0, 0.1) is 6.92 Å². The lowest BCUT2D eigenvalue weighted by Gasteiger charge is -2.06. The zero-order valence-electron chi connectivity index (χ0n) is 12.2. The van der Waals surface area contributed by atoms with Gasteiger partial charge in [-0.25, -0.2) is 0 Å². The Hall–Kier alpha value is -2.33. The summed E-state index contributed by atoms with van der Waals surface area (Å²) < 4.78 is 10.4. The van der Waals surface area contributed by atoms with E-state index in [2.05, 4.69) is 34.7 Å². The maximum atomic E-state index is 5.24. The van der Waals surface area contributed by atoms with E-state index in [-0.39, 0.29) is 0 Å². The van der Waals surface area contributed by atoms with E-state index in [9.17, 15) is 0 Å². The highest BCUT2D eigenvalue weighted by Gasteiger charge is 2.02. The summed E-state index contributed by atoms with van der Waals surface area (Å²) >= 11 is 0. The first kappa shape index (κ1) is 13.6. The van der Waals surface area contributed by atoms with Gasteiger partial charge in [-0.3, -0.25) is 0 Å². The second-order valence-corrected chi connectivity index (χ2v) is 5.09. The molecule has 4 nitrogen and oxygen atoms in total. The van der Waals surface area contributed by atoms with E-state index in [4.69, 9.17) is 9.26 Å². The predicted molar refractivity (Wildman–Crippen MR) is 82.3 cm³/mol. The van der Waals surface area contributed by atoms with Gasteiger partial charge in [-0.15, -0.1) is 0 Å². The minimum atomic E-state index is 0.682. The van der Waals surface area contributed by atoms with E-state index in [0.717, 1.165) is 23.7 Å². The molecular formula is C17H18N2O2. The average molecular weight is 282 g/mol. The van der Waals surface area contributed by atoms with Crippen LogP contribution in [0.25, 0.3) is 10.8 Å². The zero-order valence-corrected chi connectivity index (χ0v) is 12.2. The Kier molecular flexibility index (Phi) is 3.88. The number of rotatable bonds is 5. The average Bonchev–Trinajstić information content (AvgIpc) is 2.92. The highest BCUT2D eigenvalue weighted by atomic mass is 16.5. The van der Waals surface area contributed by atoms with E-state index < -0.39 is 0 Å². The van der Waals surface area contributed by atoms with Crippen molar-refractivity contribution >= 4 is 10.8 Å². The molecule has 0 amide bonds. The third-order valence-corrected chi connectivity index (χ3v) is 3.42. The SMILES string of the molecule is COc1ccc2cc(CNCc3cc(C)no3)ccc2c1.